The Labute approximate surface area is 93.7 Å². The summed E-state index contributed by atoms with van der Waals surface area (Å²) in [6, 6.07) is 0.808. The number of rotatable bonds is 3. The molecular formula is C12H23NS. The molecule has 82 valence electrons. The van der Waals surface area contributed by atoms with Crippen LogP contribution in [-0.2, 0) is 0 Å². The van der Waals surface area contributed by atoms with Crippen molar-refractivity contribution in [2.75, 3.05) is 18.8 Å². The summed E-state index contributed by atoms with van der Waals surface area (Å²) in [5, 5.41) is 0. The zero-order chi connectivity index (χ0) is 10.2. The normalized spacial score (nSPS) is 37.1. The Morgan fingerprint density at radius 3 is 2.43 bits per heavy atom. The molecule has 0 N–H and O–H groups in total. The second kappa shape index (κ2) is 4.05. The van der Waals surface area contributed by atoms with Gasteiger partial charge in [0, 0.05) is 19.1 Å². The van der Waals surface area contributed by atoms with Crippen molar-refractivity contribution in [3.63, 3.8) is 0 Å². The quantitative estimate of drug-likeness (QED) is 0.706. The zero-order valence-electron chi connectivity index (χ0n) is 9.50. The summed E-state index contributed by atoms with van der Waals surface area (Å²) in [5.41, 5.74) is 0.585. The Balaban J connectivity index is 1.90. The van der Waals surface area contributed by atoms with Gasteiger partial charge in [-0.2, -0.15) is 12.6 Å². The summed E-state index contributed by atoms with van der Waals surface area (Å²) in [7, 11) is 0. The van der Waals surface area contributed by atoms with Crippen LogP contribution in [0, 0.1) is 11.3 Å². The Hall–Kier alpha value is 0.310. The van der Waals surface area contributed by atoms with Crippen LogP contribution < -0.4 is 0 Å². The van der Waals surface area contributed by atoms with Gasteiger partial charge in [0.1, 0.15) is 0 Å². The highest BCUT2D eigenvalue weighted by molar-refractivity contribution is 7.80. The van der Waals surface area contributed by atoms with Crippen molar-refractivity contribution >= 4 is 12.6 Å². The van der Waals surface area contributed by atoms with Gasteiger partial charge in [0.15, 0.2) is 0 Å². The minimum absolute atomic E-state index is 0.585. The molecule has 2 atom stereocenters. The maximum atomic E-state index is 4.53. The lowest BCUT2D eigenvalue weighted by molar-refractivity contribution is 0.0858. The Kier molecular flexibility index (Phi) is 3.13. The Bertz CT molecular complexity index is 195. The van der Waals surface area contributed by atoms with Crippen LogP contribution in [0.25, 0.3) is 0 Å². The molecule has 2 unspecified atom stereocenters. The first kappa shape index (κ1) is 10.8. The lowest BCUT2D eigenvalue weighted by Gasteiger charge is -2.44. The predicted molar refractivity (Wildman–Crippen MR) is 65.0 cm³/mol. The van der Waals surface area contributed by atoms with Gasteiger partial charge in [0.2, 0.25) is 0 Å². The molecule has 0 radical (unpaired) electrons. The highest BCUT2D eigenvalue weighted by Crippen LogP contribution is 2.43. The molecule has 1 heterocycles. The van der Waals surface area contributed by atoms with Crippen molar-refractivity contribution in [2.45, 2.75) is 45.6 Å². The SMILES string of the molecule is CC1CC(C)N(CC2(CS)CCC2)C1. The number of thiol groups is 1. The summed E-state index contributed by atoms with van der Waals surface area (Å²) in [6.45, 7) is 7.39. The summed E-state index contributed by atoms with van der Waals surface area (Å²) < 4.78 is 0. The van der Waals surface area contributed by atoms with Crippen LogP contribution in [0.2, 0.25) is 0 Å². The molecule has 1 nitrogen and oxygen atoms in total. The van der Waals surface area contributed by atoms with Gasteiger partial charge in [-0.25, -0.2) is 0 Å². The average Bonchev–Trinajstić information content (AvgIpc) is 2.38. The molecular weight excluding hydrogens is 190 g/mol. The molecule has 0 bridgehead atoms. The molecule has 2 heteroatoms. The molecule has 1 aliphatic heterocycles. The van der Waals surface area contributed by atoms with E-state index in [4.69, 9.17) is 0 Å². The summed E-state index contributed by atoms with van der Waals surface area (Å²) >= 11 is 4.53. The van der Waals surface area contributed by atoms with E-state index in [1.54, 1.807) is 0 Å². The third-order valence-electron chi connectivity index (χ3n) is 4.20. The number of likely N-dealkylation sites (tertiary alicyclic amines) is 1. The largest absolute Gasteiger partial charge is 0.300 e. The van der Waals surface area contributed by atoms with Crippen LogP contribution in [0.3, 0.4) is 0 Å². The van der Waals surface area contributed by atoms with E-state index in [0.717, 1.165) is 17.7 Å². The number of hydrogen-bond acceptors (Lipinski definition) is 2. The fourth-order valence-electron chi connectivity index (χ4n) is 3.08. The zero-order valence-corrected chi connectivity index (χ0v) is 10.4. The van der Waals surface area contributed by atoms with E-state index in [9.17, 15) is 0 Å². The van der Waals surface area contributed by atoms with Crippen LogP contribution in [0.15, 0.2) is 0 Å². The first-order chi connectivity index (χ1) is 6.65. The van der Waals surface area contributed by atoms with Gasteiger partial charge in [-0.05, 0) is 43.3 Å². The average molecular weight is 213 g/mol. The predicted octanol–water partition coefficient (Wildman–Crippen LogP) is 2.82. The van der Waals surface area contributed by atoms with E-state index in [0.29, 0.717) is 5.41 Å². The van der Waals surface area contributed by atoms with Gasteiger partial charge in [0.05, 0.1) is 0 Å². The Morgan fingerprint density at radius 1 is 1.36 bits per heavy atom. The fourth-order valence-corrected chi connectivity index (χ4v) is 3.50. The molecule has 1 saturated carbocycles. The van der Waals surface area contributed by atoms with Crippen LogP contribution in [0.4, 0.5) is 0 Å². The second-order valence-electron chi connectivity index (χ2n) is 5.63. The molecule has 2 rings (SSSR count). The van der Waals surface area contributed by atoms with Crippen molar-refractivity contribution < 1.29 is 0 Å². The summed E-state index contributed by atoms with van der Waals surface area (Å²) in [5.74, 6) is 1.99. The first-order valence-electron chi connectivity index (χ1n) is 6.00. The van der Waals surface area contributed by atoms with Crippen molar-refractivity contribution in [3.05, 3.63) is 0 Å². The van der Waals surface area contributed by atoms with E-state index in [-0.39, 0.29) is 0 Å². The van der Waals surface area contributed by atoms with Crippen LogP contribution in [0.1, 0.15) is 39.5 Å². The highest BCUT2D eigenvalue weighted by atomic mass is 32.1. The van der Waals surface area contributed by atoms with Crippen molar-refractivity contribution in [3.8, 4) is 0 Å². The molecule has 1 saturated heterocycles. The third-order valence-corrected chi connectivity index (χ3v) is 4.87. The smallest absolute Gasteiger partial charge is 0.00702 e. The minimum atomic E-state index is 0.585. The van der Waals surface area contributed by atoms with E-state index in [1.165, 1.54) is 38.8 Å². The number of nitrogens with zero attached hydrogens (tertiary/aromatic N) is 1. The molecule has 0 aromatic heterocycles. The van der Waals surface area contributed by atoms with Gasteiger partial charge in [-0.1, -0.05) is 13.3 Å². The minimum Gasteiger partial charge on any atom is -0.300 e. The fraction of sp³-hybridized carbons (Fsp3) is 1.00. The molecule has 2 aliphatic rings. The van der Waals surface area contributed by atoms with Gasteiger partial charge < -0.3 is 0 Å². The summed E-state index contributed by atoms with van der Waals surface area (Å²) in [4.78, 5) is 2.69. The Morgan fingerprint density at radius 2 is 2.07 bits per heavy atom. The first-order valence-corrected chi connectivity index (χ1v) is 6.63. The maximum absolute atomic E-state index is 4.53. The summed E-state index contributed by atoms with van der Waals surface area (Å²) in [6.07, 6.45) is 5.64. The van der Waals surface area contributed by atoms with Gasteiger partial charge in [-0.3, -0.25) is 4.90 Å². The van der Waals surface area contributed by atoms with E-state index < -0.39 is 0 Å². The molecule has 0 aromatic carbocycles. The van der Waals surface area contributed by atoms with Gasteiger partial charge in [0.25, 0.3) is 0 Å². The van der Waals surface area contributed by atoms with E-state index >= 15 is 0 Å². The standard InChI is InChI=1S/C12H23NS/c1-10-6-11(2)13(7-10)8-12(9-14)4-3-5-12/h10-11,14H,3-9H2,1-2H3. The van der Waals surface area contributed by atoms with E-state index in [1.807, 2.05) is 0 Å². The molecule has 2 fully saturated rings. The highest BCUT2D eigenvalue weighted by Gasteiger charge is 2.39. The van der Waals surface area contributed by atoms with Crippen molar-refractivity contribution in [1.82, 2.24) is 4.90 Å². The second-order valence-corrected chi connectivity index (χ2v) is 5.95. The molecule has 0 aromatic rings. The topological polar surface area (TPSA) is 3.24 Å². The van der Waals surface area contributed by atoms with Gasteiger partial charge >= 0.3 is 0 Å². The molecule has 14 heavy (non-hydrogen) atoms. The maximum Gasteiger partial charge on any atom is 0.00702 e. The lowest BCUT2D eigenvalue weighted by Crippen LogP contribution is -2.44. The van der Waals surface area contributed by atoms with Crippen molar-refractivity contribution in [1.29, 1.82) is 0 Å². The van der Waals surface area contributed by atoms with E-state index in [2.05, 4.69) is 31.4 Å². The van der Waals surface area contributed by atoms with Crippen LogP contribution in [0.5, 0.6) is 0 Å². The molecule has 1 aliphatic carbocycles. The lowest BCUT2D eigenvalue weighted by atomic mass is 9.70. The van der Waals surface area contributed by atoms with Gasteiger partial charge in [-0.15, -0.1) is 0 Å². The van der Waals surface area contributed by atoms with Crippen LogP contribution in [-0.4, -0.2) is 29.8 Å². The van der Waals surface area contributed by atoms with Crippen LogP contribution >= 0.6 is 12.6 Å². The van der Waals surface area contributed by atoms with Crippen molar-refractivity contribution in [2.24, 2.45) is 11.3 Å². The molecule has 0 amide bonds. The molecule has 0 spiro atoms. The monoisotopic (exact) mass is 213 g/mol. The number of hydrogen-bond donors (Lipinski definition) is 1. The third kappa shape index (κ3) is 1.96.